The monoisotopic (exact) mass is 663 g/mol. The van der Waals surface area contributed by atoms with E-state index in [2.05, 4.69) is 0 Å². The summed E-state index contributed by atoms with van der Waals surface area (Å²) in [5.41, 5.74) is 1.97. The number of ether oxygens (including phenoxy) is 1. The van der Waals surface area contributed by atoms with E-state index < -0.39 is 31.6 Å². The van der Waals surface area contributed by atoms with Crippen molar-refractivity contribution < 1.29 is 28.3 Å². The maximum atomic E-state index is 16.0. The lowest BCUT2D eigenvalue weighted by Gasteiger charge is -2.32. The van der Waals surface area contributed by atoms with Crippen LogP contribution in [-0.4, -0.2) is 57.0 Å². The Morgan fingerprint density at radius 2 is 1.43 bits per heavy atom. The summed E-state index contributed by atoms with van der Waals surface area (Å²) in [5.74, 6) is -0.480. The zero-order valence-corrected chi connectivity index (χ0v) is 29.2. The number of carbonyl (C=O) groups excluding carboxylic acids is 3. The molecule has 4 heterocycles. The number of aliphatic hydroxyl groups is 1. The Labute approximate surface area is 279 Å². The SMILES string of the molecule is C[C@@H]1[C@@H]([Si](C)(C)F)[C@H](CCO)O[C@@]12C(=O)N(Cc1ccc(N3CCCCCCC3=O)cc1)c1ccc(N3CCCCCCC3=O)cc12. The van der Waals surface area contributed by atoms with Crippen LogP contribution in [0.15, 0.2) is 42.5 Å². The summed E-state index contributed by atoms with van der Waals surface area (Å²) in [5, 5.41) is 9.94. The molecule has 0 radical (unpaired) electrons. The number of fused-ring (bicyclic) bond motifs is 2. The van der Waals surface area contributed by atoms with E-state index >= 15 is 4.11 Å². The molecule has 0 aliphatic carbocycles. The predicted octanol–water partition coefficient (Wildman–Crippen LogP) is 6.99. The highest BCUT2D eigenvalue weighted by Crippen LogP contribution is 2.60. The number of amides is 3. The second-order valence-corrected chi connectivity index (χ2v) is 18.3. The van der Waals surface area contributed by atoms with Crippen molar-refractivity contribution in [2.45, 2.75) is 114 Å². The Balaban J connectivity index is 1.37. The van der Waals surface area contributed by atoms with E-state index in [0.29, 0.717) is 37.2 Å². The molecule has 4 aliphatic heterocycles. The minimum Gasteiger partial charge on any atom is -0.396 e. The van der Waals surface area contributed by atoms with Gasteiger partial charge in [0, 0.05) is 60.9 Å². The summed E-state index contributed by atoms with van der Waals surface area (Å²) in [6.07, 6.45) is 8.70. The predicted molar refractivity (Wildman–Crippen MR) is 185 cm³/mol. The third-order valence-corrected chi connectivity index (χ3v) is 13.4. The van der Waals surface area contributed by atoms with Gasteiger partial charge in [0.15, 0.2) is 5.60 Å². The minimum absolute atomic E-state index is 0.0761. The topological polar surface area (TPSA) is 90.4 Å². The molecule has 0 saturated carbocycles. The van der Waals surface area contributed by atoms with Gasteiger partial charge in [-0.1, -0.05) is 44.7 Å². The third-order valence-electron chi connectivity index (χ3n) is 10.9. The molecule has 4 aliphatic rings. The van der Waals surface area contributed by atoms with Crippen molar-refractivity contribution in [1.29, 1.82) is 0 Å². The van der Waals surface area contributed by atoms with E-state index in [1.54, 1.807) is 18.0 Å². The van der Waals surface area contributed by atoms with Crippen LogP contribution in [0.1, 0.15) is 88.7 Å². The second-order valence-electron chi connectivity index (χ2n) is 14.5. The van der Waals surface area contributed by atoms with Gasteiger partial charge in [0.25, 0.3) is 5.91 Å². The molecule has 3 amide bonds. The highest BCUT2D eigenvalue weighted by molar-refractivity contribution is 6.72. The highest BCUT2D eigenvalue weighted by Gasteiger charge is 2.66. The fourth-order valence-corrected chi connectivity index (χ4v) is 11.1. The molecule has 2 aromatic carbocycles. The van der Waals surface area contributed by atoms with E-state index in [4.69, 9.17) is 4.74 Å². The zero-order chi connectivity index (χ0) is 33.3. The molecule has 254 valence electrons. The first kappa shape index (κ1) is 33.8. The van der Waals surface area contributed by atoms with Gasteiger partial charge in [-0.25, -0.2) is 0 Å². The lowest BCUT2D eigenvalue weighted by atomic mass is 9.82. The van der Waals surface area contributed by atoms with Gasteiger partial charge in [0.05, 0.1) is 18.3 Å². The fraction of sp³-hybridized carbons (Fsp3) is 0.595. The van der Waals surface area contributed by atoms with Gasteiger partial charge < -0.3 is 28.7 Å². The Kier molecular flexibility index (Phi) is 9.93. The first-order valence-corrected chi connectivity index (χ1v) is 20.7. The van der Waals surface area contributed by atoms with Crippen molar-refractivity contribution in [2.24, 2.45) is 5.92 Å². The number of carbonyl (C=O) groups is 3. The van der Waals surface area contributed by atoms with Crippen LogP contribution in [0, 0.1) is 5.92 Å². The summed E-state index contributed by atoms with van der Waals surface area (Å²) in [6, 6.07) is 13.6. The lowest BCUT2D eigenvalue weighted by Crippen LogP contribution is -2.45. The van der Waals surface area contributed by atoms with Gasteiger partial charge in [0.2, 0.25) is 20.2 Å². The molecule has 1 spiro atoms. The Morgan fingerprint density at radius 1 is 0.851 bits per heavy atom. The number of hydrogen-bond donors (Lipinski definition) is 1. The number of benzene rings is 2. The lowest BCUT2D eigenvalue weighted by molar-refractivity contribution is -0.146. The highest BCUT2D eigenvalue weighted by atomic mass is 28.4. The van der Waals surface area contributed by atoms with Crippen LogP contribution in [0.4, 0.5) is 21.2 Å². The molecule has 6 rings (SSSR count). The van der Waals surface area contributed by atoms with Crippen molar-refractivity contribution in [3.63, 3.8) is 0 Å². The van der Waals surface area contributed by atoms with Crippen LogP contribution in [0.3, 0.4) is 0 Å². The van der Waals surface area contributed by atoms with E-state index in [-0.39, 0.29) is 37.3 Å². The number of nitrogens with zero attached hydrogens (tertiary/aromatic N) is 3. The van der Waals surface area contributed by atoms with Gasteiger partial charge in [-0.15, -0.1) is 0 Å². The van der Waals surface area contributed by atoms with Gasteiger partial charge in [-0.05, 0) is 81.1 Å². The summed E-state index contributed by atoms with van der Waals surface area (Å²) in [7, 11) is -3.34. The van der Waals surface area contributed by atoms with Crippen LogP contribution in [-0.2, 0) is 31.3 Å². The maximum absolute atomic E-state index is 16.0. The van der Waals surface area contributed by atoms with E-state index in [0.717, 1.165) is 68.3 Å². The molecule has 8 nitrogen and oxygen atoms in total. The Bertz CT molecular complexity index is 1480. The second kappa shape index (κ2) is 13.8. The Hall–Kier alpha value is -3.08. The van der Waals surface area contributed by atoms with Gasteiger partial charge in [0.1, 0.15) is 0 Å². The van der Waals surface area contributed by atoms with Gasteiger partial charge in [-0.2, -0.15) is 0 Å². The molecule has 2 aromatic rings. The average molecular weight is 664 g/mol. The molecular formula is C37H50FN3O5Si. The van der Waals surface area contributed by atoms with Gasteiger partial charge in [-0.3, -0.25) is 14.4 Å². The van der Waals surface area contributed by atoms with Crippen molar-refractivity contribution >= 4 is 43.2 Å². The fourth-order valence-electron chi connectivity index (χ4n) is 8.59. The smallest absolute Gasteiger partial charge is 0.264 e. The number of rotatable bonds is 7. The van der Waals surface area contributed by atoms with Crippen LogP contribution < -0.4 is 14.7 Å². The van der Waals surface area contributed by atoms with Crippen molar-refractivity contribution in [1.82, 2.24) is 0 Å². The van der Waals surface area contributed by atoms with E-state index in [1.807, 2.05) is 59.2 Å². The minimum atomic E-state index is -3.34. The van der Waals surface area contributed by atoms with Crippen molar-refractivity contribution in [2.75, 3.05) is 34.4 Å². The van der Waals surface area contributed by atoms with E-state index in [1.165, 1.54) is 0 Å². The standard InChI is InChI=1S/C37H50FN3O5Si/c1-26-35(47(2,3)38)32(20-23-42)46-37(26)30-24-29(40-22-11-7-5-9-13-34(40)44)18-19-31(30)41(36(37)45)25-27-14-16-28(17-15-27)39-21-10-6-4-8-12-33(39)43/h14-19,24,26,32,35,42H,4-13,20-23,25H2,1-3H3/t26-,32+,35-,37+/m1/s1. The molecule has 3 saturated heterocycles. The number of aliphatic hydroxyl groups excluding tert-OH is 1. The summed E-state index contributed by atoms with van der Waals surface area (Å²) in [4.78, 5) is 46.4. The molecule has 3 fully saturated rings. The van der Waals surface area contributed by atoms with Crippen molar-refractivity contribution in [3.8, 4) is 0 Å². The molecule has 4 atom stereocenters. The maximum Gasteiger partial charge on any atom is 0.264 e. The molecule has 0 bridgehead atoms. The van der Waals surface area contributed by atoms with Gasteiger partial charge >= 0.3 is 0 Å². The van der Waals surface area contributed by atoms with Crippen LogP contribution >= 0.6 is 0 Å². The number of hydrogen-bond acceptors (Lipinski definition) is 5. The summed E-state index contributed by atoms with van der Waals surface area (Å²) in [6.45, 7) is 6.69. The zero-order valence-electron chi connectivity index (χ0n) is 28.2. The Morgan fingerprint density at radius 3 is 2.02 bits per heavy atom. The first-order valence-electron chi connectivity index (χ1n) is 17.7. The molecule has 0 aromatic heterocycles. The third kappa shape index (κ3) is 6.40. The summed E-state index contributed by atoms with van der Waals surface area (Å²) < 4.78 is 22.8. The molecular weight excluding hydrogens is 614 g/mol. The molecule has 47 heavy (non-hydrogen) atoms. The molecule has 0 unspecified atom stereocenters. The molecule has 10 heteroatoms. The molecule has 1 N–H and O–H groups in total. The van der Waals surface area contributed by atoms with E-state index in [9.17, 15) is 19.5 Å². The summed E-state index contributed by atoms with van der Waals surface area (Å²) >= 11 is 0. The van der Waals surface area contributed by atoms with Crippen molar-refractivity contribution in [3.05, 3.63) is 53.6 Å². The number of anilines is 3. The normalized spacial score (nSPS) is 27.6. The van der Waals surface area contributed by atoms with Crippen LogP contribution in [0.5, 0.6) is 0 Å². The van der Waals surface area contributed by atoms with Crippen LogP contribution in [0.2, 0.25) is 18.6 Å². The average Bonchev–Trinajstić information content (AvgIpc) is 3.44. The largest absolute Gasteiger partial charge is 0.396 e. The number of halogens is 1. The van der Waals surface area contributed by atoms with Crippen LogP contribution in [0.25, 0.3) is 0 Å². The quantitative estimate of drug-likeness (QED) is 0.255. The first-order chi connectivity index (χ1) is 22.6.